The van der Waals surface area contributed by atoms with E-state index in [-0.39, 0.29) is 29.8 Å². The van der Waals surface area contributed by atoms with Gasteiger partial charge in [0.15, 0.2) is 0 Å². The van der Waals surface area contributed by atoms with E-state index >= 15 is 0 Å². The third kappa shape index (κ3) is 5.49. The zero-order chi connectivity index (χ0) is 24.1. The molecule has 4 atom stereocenters. The normalized spacial score (nSPS) is 24.8. The number of nitrogens with one attached hydrogen (secondary N) is 2. The molecule has 2 amide bonds. The molecule has 1 aliphatic heterocycles. The summed E-state index contributed by atoms with van der Waals surface area (Å²) in [6, 6.07) is 8.82. The monoisotopic (exact) mass is 468 g/mol. The number of likely N-dealkylation sites (N-methyl/N-ethyl adjacent to an activating group) is 2. The summed E-state index contributed by atoms with van der Waals surface area (Å²) in [6.45, 7) is 6.81. The van der Waals surface area contributed by atoms with Gasteiger partial charge in [0.1, 0.15) is 6.04 Å². The largest absolute Gasteiger partial charge is 0.343 e. The Morgan fingerprint density at radius 2 is 1.85 bits per heavy atom. The number of aryl methyl sites for hydroxylation is 1. The van der Waals surface area contributed by atoms with Crippen LogP contribution >= 0.6 is 0 Å². The van der Waals surface area contributed by atoms with Crippen LogP contribution in [-0.4, -0.2) is 66.4 Å². The second kappa shape index (κ2) is 11.7. The Morgan fingerprint density at radius 1 is 1.09 bits per heavy atom. The van der Waals surface area contributed by atoms with Gasteiger partial charge in [-0.05, 0) is 76.1 Å². The lowest BCUT2D eigenvalue weighted by Crippen LogP contribution is -2.57. The first-order valence-electron chi connectivity index (χ1n) is 13.6. The van der Waals surface area contributed by atoms with Crippen molar-refractivity contribution < 1.29 is 9.59 Å². The molecule has 34 heavy (non-hydrogen) atoms. The van der Waals surface area contributed by atoms with Crippen molar-refractivity contribution >= 4 is 11.8 Å². The highest BCUT2D eigenvalue weighted by Gasteiger charge is 2.40. The van der Waals surface area contributed by atoms with Crippen molar-refractivity contribution in [3.8, 4) is 0 Å². The molecule has 1 saturated carbocycles. The second-order valence-corrected chi connectivity index (χ2v) is 10.6. The third-order valence-corrected chi connectivity index (χ3v) is 8.56. The van der Waals surface area contributed by atoms with Crippen LogP contribution in [-0.2, 0) is 16.0 Å². The number of benzene rings is 1. The number of fused-ring (bicyclic) bond motifs is 1. The maximum Gasteiger partial charge on any atom is 0.245 e. The standard InChI is InChI=1S/C28H44N4O2/c1-4-31(25-17-16-21-11-8-9-15-24(21)25)19-23-14-10-18-32(23)28(34)26(22-12-6-5-7-13-22)30-27(33)20(2)29-3/h8-9,11,15,20,22-23,25-26,29H,4-7,10,12-14,16-19H2,1-3H3,(H,30,33)/t20-,23?,25?,26-/m0/s1. The molecule has 3 aliphatic rings. The van der Waals surface area contributed by atoms with Gasteiger partial charge in [0.05, 0.1) is 6.04 Å². The number of amides is 2. The summed E-state index contributed by atoms with van der Waals surface area (Å²) in [4.78, 5) is 31.5. The minimum absolute atomic E-state index is 0.0695. The molecule has 0 spiro atoms. The Morgan fingerprint density at radius 3 is 2.59 bits per heavy atom. The van der Waals surface area contributed by atoms with Crippen LogP contribution in [0.3, 0.4) is 0 Å². The number of rotatable bonds is 9. The lowest BCUT2D eigenvalue weighted by atomic mass is 9.83. The minimum atomic E-state index is -0.397. The highest BCUT2D eigenvalue weighted by molar-refractivity contribution is 5.90. The average Bonchev–Trinajstić information content (AvgIpc) is 3.52. The summed E-state index contributed by atoms with van der Waals surface area (Å²) in [5, 5.41) is 6.18. The van der Waals surface area contributed by atoms with E-state index in [1.807, 2.05) is 6.92 Å². The van der Waals surface area contributed by atoms with E-state index in [0.29, 0.717) is 6.04 Å². The van der Waals surface area contributed by atoms with Gasteiger partial charge in [-0.2, -0.15) is 0 Å². The molecule has 2 aliphatic carbocycles. The van der Waals surface area contributed by atoms with Crippen LogP contribution in [0.1, 0.15) is 82.4 Å². The number of carbonyl (C=O) groups is 2. The zero-order valence-corrected chi connectivity index (χ0v) is 21.4. The molecule has 4 rings (SSSR count). The predicted octanol–water partition coefficient (Wildman–Crippen LogP) is 3.66. The molecule has 0 bridgehead atoms. The number of hydrogen-bond donors (Lipinski definition) is 2. The average molecular weight is 469 g/mol. The van der Waals surface area contributed by atoms with Gasteiger partial charge in [-0.3, -0.25) is 14.5 Å². The van der Waals surface area contributed by atoms with Crippen molar-refractivity contribution in [2.75, 3.05) is 26.7 Å². The highest BCUT2D eigenvalue weighted by Crippen LogP contribution is 2.36. The zero-order valence-electron chi connectivity index (χ0n) is 21.4. The van der Waals surface area contributed by atoms with Crippen molar-refractivity contribution in [1.29, 1.82) is 0 Å². The fraction of sp³-hybridized carbons (Fsp3) is 0.714. The summed E-state index contributed by atoms with van der Waals surface area (Å²) in [7, 11) is 1.79. The van der Waals surface area contributed by atoms with Crippen LogP contribution in [0.25, 0.3) is 0 Å². The van der Waals surface area contributed by atoms with Crippen LogP contribution in [0.15, 0.2) is 24.3 Å². The summed E-state index contributed by atoms with van der Waals surface area (Å²) in [5.74, 6) is 0.327. The van der Waals surface area contributed by atoms with E-state index in [0.717, 1.165) is 71.0 Å². The molecular formula is C28H44N4O2. The lowest BCUT2D eigenvalue weighted by molar-refractivity contribution is -0.139. The van der Waals surface area contributed by atoms with Crippen LogP contribution in [0, 0.1) is 5.92 Å². The topological polar surface area (TPSA) is 64.7 Å². The smallest absolute Gasteiger partial charge is 0.245 e. The first-order valence-corrected chi connectivity index (χ1v) is 13.6. The number of carbonyl (C=O) groups excluding carboxylic acids is 2. The van der Waals surface area contributed by atoms with Crippen molar-refractivity contribution in [2.45, 2.75) is 95.8 Å². The number of nitrogens with zero attached hydrogens (tertiary/aromatic N) is 2. The first kappa shape index (κ1) is 25.2. The van der Waals surface area contributed by atoms with Crippen LogP contribution < -0.4 is 10.6 Å². The van der Waals surface area contributed by atoms with Gasteiger partial charge in [0, 0.05) is 25.2 Å². The van der Waals surface area contributed by atoms with E-state index in [1.54, 1.807) is 7.05 Å². The van der Waals surface area contributed by atoms with E-state index in [1.165, 1.54) is 17.5 Å². The van der Waals surface area contributed by atoms with Crippen molar-refractivity contribution in [2.24, 2.45) is 5.92 Å². The quantitative estimate of drug-likeness (QED) is 0.581. The molecule has 6 nitrogen and oxygen atoms in total. The highest BCUT2D eigenvalue weighted by atomic mass is 16.2. The van der Waals surface area contributed by atoms with Crippen LogP contribution in [0.5, 0.6) is 0 Å². The number of hydrogen-bond acceptors (Lipinski definition) is 4. The molecule has 2 N–H and O–H groups in total. The molecule has 0 radical (unpaired) electrons. The van der Waals surface area contributed by atoms with Crippen molar-refractivity contribution in [3.05, 3.63) is 35.4 Å². The molecule has 2 unspecified atom stereocenters. The molecule has 2 fully saturated rings. The predicted molar refractivity (Wildman–Crippen MR) is 137 cm³/mol. The Balaban J connectivity index is 1.48. The van der Waals surface area contributed by atoms with Gasteiger partial charge in [-0.1, -0.05) is 50.5 Å². The van der Waals surface area contributed by atoms with Crippen LogP contribution in [0.2, 0.25) is 0 Å². The molecule has 188 valence electrons. The fourth-order valence-corrected chi connectivity index (χ4v) is 6.41. The van der Waals surface area contributed by atoms with Gasteiger partial charge in [-0.15, -0.1) is 0 Å². The maximum atomic E-state index is 14.0. The third-order valence-electron chi connectivity index (χ3n) is 8.56. The molecular weight excluding hydrogens is 424 g/mol. The van der Waals surface area contributed by atoms with Gasteiger partial charge in [0.2, 0.25) is 11.8 Å². The Kier molecular flexibility index (Phi) is 8.65. The van der Waals surface area contributed by atoms with E-state index in [4.69, 9.17) is 0 Å². The molecule has 1 aromatic rings. The Hall–Kier alpha value is -1.92. The van der Waals surface area contributed by atoms with Crippen molar-refractivity contribution in [3.63, 3.8) is 0 Å². The Labute approximate surface area is 205 Å². The van der Waals surface area contributed by atoms with Gasteiger partial charge >= 0.3 is 0 Å². The van der Waals surface area contributed by atoms with E-state index in [2.05, 4.69) is 51.6 Å². The number of likely N-dealkylation sites (tertiary alicyclic amines) is 1. The summed E-state index contributed by atoms with van der Waals surface area (Å²) in [6.07, 6.45) is 10.0. The lowest BCUT2D eigenvalue weighted by Gasteiger charge is -2.38. The summed E-state index contributed by atoms with van der Waals surface area (Å²) >= 11 is 0. The first-order chi connectivity index (χ1) is 16.5. The molecule has 1 saturated heterocycles. The molecule has 0 aromatic heterocycles. The van der Waals surface area contributed by atoms with Gasteiger partial charge < -0.3 is 15.5 Å². The van der Waals surface area contributed by atoms with Gasteiger partial charge in [0.25, 0.3) is 0 Å². The summed E-state index contributed by atoms with van der Waals surface area (Å²) < 4.78 is 0. The maximum absolute atomic E-state index is 14.0. The SMILES string of the molecule is CCN(CC1CCCN1C(=O)[C@@H](NC(=O)[C@H](C)NC)C1CCCCC1)C1CCc2ccccc21. The van der Waals surface area contributed by atoms with Gasteiger partial charge in [-0.25, -0.2) is 0 Å². The molecule has 1 aromatic carbocycles. The van der Waals surface area contributed by atoms with E-state index in [9.17, 15) is 9.59 Å². The van der Waals surface area contributed by atoms with E-state index < -0.39 is 6.04 Å². The molecule has 6 heteroatoms. The van der Waals surface area contributed by atoms with Crippen LogP contribution in [0.4, 0.5) is 0 Å². The summed E-state index contributed by atoms with van der Waals surface area (Å²) in [5.41, 5.74) is 2.94. The Bertz CT molecular complexity index is 837. The minimum Gasteiger partial charge on any atom is -0.343 e. The fourth-order valence-electron chi connectivity index (χ4n) is 6.41. The van der Waals surface area contributed by atoms with Crippen molar-refractivity contribution in [1.82, 2.24) is 20.4 Å². The molecule has 1 heterocycles. The second-order valence-electron chi connectivity index (χ2n) is 10.6.